The number of rotatable bonds is 5. The number of aliphatic hydroxyl groups is 1. The molecule has 1 rings (SSSR count). The van der Waals surface area contributed by atoms with Crippen LogP contribution < -0.4 is 5.32 Å². The third-order valence-electron chi connectivity index (χ3n) is 3.20. The van der Waals surface area contributed by atoms with Gasteiger partial charge in [0.25, 0.3) is 0 Å². The number of hydrogen-bond acceptors (Lipinski definition) is 2. The Morgan fingerprint density at radius 3 is 2.80 bits per heavy atom. The third-order valence-corrected chi connectivity index (χ3v) is 3.20. The summed E-state index contributed by atoms with van der Waals surface area (Å²) >= 11 is 0. The Morgan fingerprint density at radius 2 is 2.20 bits per heavy atom. The zero-order valence-corrected chi connectivity index (χ0v) is 12.5. The molecule has 0 saturated heterocycles. The molecule has 2 N–H and O–H groups in total. The van der Waals surface area contributed by atoms with Crippen LogP contribution in [0.25, 0.3) is 0 Å². The predicted molar refractivity (Wildman–Crippen MR) is 82.5 cm³/mol. The van der Waals surface area contributed by atoms with Gasteiger partial charge in [0.2, 0.25) is 5.91 Å². The summed E-state index contributed by atoms with van der Waals surface area (Å²) < 4.78 is 0. The summed E-state index contributed by atoms with van der Waals surface area (Å²) in [5, 5.41) is 11.6. The summed E-state index contributed by atoms with van der Waals surface area (Å²) in [7, 11) is 0. The fourth-order valence-corrected chi connectivity index (χ4v) is 1.76. The first kappa shape index (κ1) is 16.3. The van der Waals surface area contributed by atoms with E-state index in [1.54, 1.807) is 0 Å². The highest BCUT2D eigenvalue weighted by Gasteiger charge is 2.08. The molecule has 0 radical (unpaired) electrons. The van der Waals surface area contributed by atoms with Gasteiger partial charge in [-0.1, -0.05) is 32.1 Å². The maximum atomic E-state index is 11.9. The molecule has 108 valence electrons. The van der Waals surface area contributed by atoms with Crippen molar-refractivity contribution < 1.29 is 9.90 Å². The third kappa shape index (κ3) is 5.46. The zero-order valence-electron chi connectivity index (χ0n) is 12.5. The number of anilines is 1. The Labute approximate surface area is 121 Å². The molecule has 0 bridgehead atoms. The first-order valence-electron chi connectivity index (χ1n) is 7.07. The highest BCUT2D eigenvalue weighted by molar-refractivity contribution is 5.91. The van der Waals surface area contributed by atoms with Crippen molar-refractivity contribution in [3.05, 3.63) is 29.3 Å². The molecule has 1 aromatic rings. The molecular weight excluding hydrogens is 250 g/mol. The van der Waals surface area contributed by atoms with Crippen LogP contribution in [0.4, 0.5) is 5.69 Å². The van der Waals surface area contributed by atoms with Crippen molar-refractivity contribution in [2.24, 2.45) is 5.92 Å². The topological polar surface area (TPSA) is 49.3 Å². The Hall–Kier alpha value is -1.79. The van der Waals surface area contributed by atoms with Crippen LogP contribution in [0.2, 0.25) is 0 Å². The van der Waals surface area contributed by atoms with E-state index < -0.39 is 0 Å². The summed E-state index contributed by atoms with van der Waals surface area (Å²) in [6.45, 7) is 6.20. The fraction of sp³-hybridized carbons (Fsp3) is 0.471. The van der Waals surface area contributed by atoms with Crippen LogP contribution in [0.15, 0.2) is 18.2 Å². The molecule has 0 saturated carbocycles. The minimum absolute atomic E-state index is 0.0570. The van der Waals surface area contributed by atoms with Crippen LogP contribution in [-0.2, 0) is 4.79 Å². The Bertz CT molecular complexity index is 511. The van der Waals surface area contributed by atoms with Gasteiger partial charge in [-0.15, -0.1) is 0 Å². The Morgan fingerprint density at radius 1 is 1.45 bits per heavy atom. The van der Waals surface area contributed by atoms with Crippen LogP contribution in [0.3, 0.4) is 0 Å². The van der Waals surface area contributed by atoms with E-state index in [0.717, 1.165) is 23.2 Å². The monoisotopic (exact) mass is 273 g/mol. The van der Waals surface area contributed by atoms with E-state index in [1.807, 2.05) is 25.1 Å². The van der Waals surface area contributed by atoms with Gasteiger partial charge in [0, 0.05) is 24.1 Å². The smallest absolute Gasteiger partial charge is 0.224 e. The Balaban J connectivity index is 2.69. The average molecular weight is 273 g/mol. The van der Waals surface area contributed by atoms with E-state index in [2.05, 4.69) is 31.0 Å². The number of carbonyl (C=O) groups excluding carboxylic acids is 1. The number of hydrogen-bond donors (Lipinski definition) is 2. The minimum Gasteiger partial charge on any atom is -0.395 e. The second-order valence-electron chi connectivity index (χ2n) is 5.07. The first-order chi connectivity index (χ1) is 9.56. The molecule has 1 aromatic carbocycles. The second-order valence-corrected chi connectivity index (χ2v) is 5.07. The Kier molecular flexibility index (Phi) is 6.83. The van der Waals surface area contributed by atoms with Crippen LogP contribution >= 0.6 is 0 Å². The molecule has 0 heterocycles. The minimum atomic E-state index is 0.0570. The van der Waals surface area contributed by atoms with E-state index in [9.17, 15) is 4.79 Å². The molecule has 1 amide bonds. The van der Waals surface area contributed by atoms with Crippen molar-refractivity contribution in [3.8, 4) is 11.8 Å². The maximum absolute atomic E-state index is 11.9. The van der Waals surface area contributed by atoms with Crippen molar-refractivity contribution in [2.45, 2.75) is 40.0 Å². The van der Waals surface area contributed by atoms with Gasteiger partial charge in [-0.3, -0.25) is 4.79 Å². The molecule has 0 fully saturated rings. The molecule has 1 unspecified atom stereocenters. The van der Waals surface area contributed by atoms with E-state index in [4.69, 9.17) is 5.11 Å². The zero-order chi connectivity index (χ0) is 15.0. The standard InChI is InChI=1S/C17H23NO2/c1-4-13(2)11-17(20)18-16-9-8-15(12-14(16)3)7-5-6-10-19/h8-9,12-13,19H,4,6,10-11H2,1-3H3,(H,18,20). The van der Waals surface area contributed by atoms with E-state index in [-0.39, 0.29) is 12.5 Å². The normalized spacial score (nSPS) is 11.4. The number of benzene rings is 1. The summed E-state index contributed by atoms with van der Waals surface area (Å²) in [5.41, 5.74) is 2.74. The van der Waals surface area contributed by atoms with Crippen LogP contribution in [-0.4, -0.2) is 17.6 Å². The van der Waals surface area contributed by atoms with Gasteiger partial charge >= 0.3 is 0 Å². The number of aliphatic hydroxyl groups excluding tert-OH is 1. The molecule has 1 atom stereocenters. The lowest BCUT2D eigenvalue weighted by Gasteiger charge is -2.11. The fourth-order valence-electron chi connectivity index (χ4n) is 1.76. The van der Waals surface area contributed by atoms with Gasteiger partial charge in [-0.25, -0.2) is 0 Å². The lowest BCUT2D eigenvalue weighted by molar-refractivity contribution is -0.117. The summed E-state index contributed by atoms with van der Waals surface area (Å²) in [4.78, 5) is 11.9. The molecule has 20 heavy (non-hydrogen) atoms. The van der Waals surface area contributed by atoms with Gasteiger partial charge in [-0.05, 0) is 36.6 Å². The van der Waals surface area contributed by atoms with Gasteiger partial charge in [0.05, 0.1) is 6.61 Å². The largest absolute Gasteiger partial charge is 0.395 e. The second kappa shape index (κ2) is 8.39. The highest BCUT2D eigenvalue weighted by Crippen LogP contribution is 2.17. The van der Waals surface area contributed by atoms with Crippen LogP contribution in [0.1, 0.15) is 44.2 Å². The van der Waals surface area contributed by atoms with Crippen molar-refractivity contribution in [3.63, 3.8) is 0 Å². The summed E-state index contributed by atoms with van der Waals surface area (Å²) in [6.07, 6.45) is 2.03. The van der Waals surface area contributed by atoms with Crippen LogP contribution in [0, 0.1) is 24.7 Å². The lowest BCUT2D eigenvalue weighted by Crippen LogP contribution is -2.15. The lowest BCUT2D eigenvalue weighted by atomic mass is 10.0. The molecular formula is C17H23NO2. The highest BCUT2D eigenvalue weighted by atomic mass is 16.2. The maximum Gasteiger partial charge on any atom is 0.224 e. The number of nitrogens with one attached hydrogen (secondary N) is 1. The van der Waals surface area contributed by atoms with Crippen molar-refractivity contribution in [2.75, 3.05) is 11.9 Å². The average Bonchev–Trinajstić information content (AvgIpc) is 2.42. The van der Waals surface area contributed by atoms with Crippen molar-refractivity contribution >= 4 is 11.6 Å². The van der Waals surface area contributed by atoms with Gasteiger partial charge in [-0.2, -0.15) is 0 Å². The molecule has 0 aliphatic rings. The van der Waals surface area contributed by atoms with Gasteiger partial charge < -0.3 is 10.4 Å². The summed E-state index contributed by atoms with van der Waals surface area (Å²) in [6, 6.07) is 5.71. The predicted octanol–water partition coefficient (Wildman–Crippen LogP) is 3.10. The quantitative estimate of drug-likeness (QED) is 0.810. The molecule has 0 aromatic heterocycles. The van der Waals surface area contributed by atoms with E-state index in [1.165, 1.54) is 0 Å². The van der Waals surface area contributed by atoms with E-state index >= 15 is 0 Å². The number of aryl methyl sites for hydroxylation is 1. The molecule has 0 aliphatic heterocycles. The van der Waals surface area contributed by atoms with E-state index in [0.29, 0.717) is 18.8 Å². The number of amides is 1. The van der Waals surface area contributed by atoms with Gasteiger partial charge in [0.15, 0.2) is 0 Å². The molecule has 3 nitrogen and oxygen atoms in total. The van der Waals surface area contributed by atoms with Crippen molar-refractivity contribution in [1.29, 1.82) is 0 Å². The molecule has 3 heteroatoms. The van der Waals surface area contributed by atoms with Gasteiger partial charge in [0.1, 0.15) is 0 Å². The SMILES string of the molecule is CCC(C)CC(=O)Nc1ccc(C#CCCO)cc1C. The first-order valence-corrected chi connectivity index (χ1v) is 7.07. The van der Waals surface area contributed by atoms with Crippen molar-refractivity contribution in [1.82, 2.24) is 0 Å². The van der Waals surface area contributed by atoms with Crippen LogP contribution in [0.5, 0.6) is 0 Å². The molecule has 0 spiro atoms. The number of carbonyl (C=O) groups is 1. The molecule has 0 aliphatic carbocycles. The summed E-state index contributed by atoms with van der Waals surface area (Å²) in [5.74, 6) is 6.33.